The van der Waals surface area contributed by atoms with Crippen LogP contribution in [0.4, 0.5) is 5.69 Å². The first kappa shape index (κ1) is 17.1. The molecule has 2 aromatic rings. The average molecular weight is 337 g/mol. The van der Waals surface area contributed by atoms with Gasteiger partial charge >= 0.3 is 0 Å². The number of methoxy groups -OCH3 is 1. The Kier molecular flexibility index (Phi) is 4.79. The molecule has 0 amide bonds. The maximum atomic E-state index is 12.7. The van der Waals surface area contributed by atoms with Gasteiger partial charge in [-0.2, -0.15) is 0 Å². The third kappa shape index (κ3) is 3.68. The van der Waals surface area contributed by atoms with Gasteiger partial charge in [-0.05, 0) is 49.6 Å². The quantitative estimate of drug-likeness (QED) is 0.659. The molecule has 0 aromatic heterocycles. The molecule has 1 aliphatic rings. The number of allylic oxidation sites excluding steroid dienone is 2. The van der Waals surface area contributed by atoms with E-state index in [9.17, 15) is 4.79 Å². The number of nitrogens with two attached hydrogens (primary N) is 1. The lowest BCUT2D eigenvalue weighted by Crippen LogP contribution is -2.20. The van der Waals surface area contributed by atoms with Gasteiger partial charge in [-0.25, -0.2) is 0 Å². The van der Waals surface area contributed by atoms with Crippen LogP contribution in [0.3, 0.4) is 0 Å². The Labute approximate surface area is 148 Å². The van der Waals surface area contributed by atoms with E-state index < -0.39 is 0 Å². The van der Waals surface area contributed by atoms with Crippen LogP contribution in [0.15, 0.2) is 48.0 Å². The van der Waals surface area contributed by atoms with Gasteiger partial charge < -0.3 is 15.2 Å². The number of hydrogen-bond donors (Lipinski definition) is 1. The van der Waals surface area contributed by atoms with Crippen molar-refractivity contribution in [2.75, 3.05) is 12.8 Å². The number of carbonyl (C=O) groups is 1. The van der Waals surface area contributed by atoms with Gasteiger partial charge in [0.05, 0.1) is 19.1 Å². The lowest BCUT2D eigenvalue weighted by atomic mass is 9.94. The molecule has 0 fully saturated rings. The van der Waals surface area contributed by atoms with Crippen LogP contribution in [-0.4, -0.2) is 12.9 Å². The van der Waals surface area contributed by atoms with E-state index in [1.165, 1.54) is 5.57 Å². The summed E-state index contributed by atoms with van der Waals surface area (Å²) < 4.78 is 11.6. The number of rotatable bonds is 4. The first-order valence-corrected chi connectivity index (χ1v) is 8.37. The minimum Gasteiger partial charge on any atom is -0.496 e. The Morgan fingerprint density at radius 2 is 2.00 bits per heavy atom. The smallest absolute Gasteiger partial charge is 0.170 e. The van der Waals surface area contributed by atoms with E-state index in [0.29, 0.717) is 23.4 Å². The first-order chi connectivity index (χ1) is 12.0. The van der Waals surface area contributed by atoms with Gasteiger partial charge in [0.25, 0.3) is 0 Å². The highest BCUT2D eigenvalue weighted by molar-refractivity contribution is 6.00. The van der Waals surface area contributed by atoms with Gasteiger partial charge in [-0.15, -0.1) is 0 Å². The molecule has 0 aliphatic carbocycles. The highest BCUT2D eigenvalue weighted by Crippen LogP contribution is 2.39. The number of benzene rings is 2. The molecule has 4 nitrogen and oxygen atoms in total. The molecule has 25 heavy (non-hydrogen) atoms. The van der Waals surface area contributed by atoms with Crippen molar-refractivity contribution in [3.8, 4) is 11.5 Å². The topological polar surface area (TPSA) is 61.5 Å². The molecule has 2 N–H and O–H groups in total. The summed E-state index contributed by atoms with van der Waals surface area (Å²) in [4.78, 5) is 12.7. The fourth-order valence-corrected chi connectivity index (χ4v) is 2.95. The van der Waals surface area contributed by atoms with Gasteiger partial charge in [0.1, 0.15) is 17.6 Å². The molecule has 0 spiro atoms. The summed E-state index contributed by atoms with van der Waals surface area (Å²) in [6.45, 7) is 4.10. The van der Waals surface area contributed by atoms with Gasteiger partial charge in [0.2, 0.25) is 0 Å². The summed E-state index contributed by atoms with van der Waals surface area (Å²) in [5.41, 5.74) is 10.2. The number of fused-ring (bicyclic) bond motifs is 1. The molecule has 0 saturated heterocycles. The lowest BCUT2D eigenvalue weighted by molar-refractivity contribution is 0.0849. The largest absolute Gasteiger partial charge is 0.496 e. The highest BCUT2D eigenvalue weighted by Gasteiger charge is 2.29. The number of Topliss-reactive ketones (excluding diaryl/α,β-unsaturated/α-hetero) is 1. The number of ether oxygens (including phenoxy) is 2. The van der Waals surface area contributed by atoms with Crippen molar-refractivity contribution in [2.24, 2.45) is 0 Å². The normalized spacial score (nSPS) is 16.0. The van der Waals surface area contributed by atoms with Crippen LogP contribution in [0, 0.1) is 0 Å². The molecule has 0 saturated carbocycles. The van der Waals surface area contributed by atoms with Crippen LogP contribution in [-0.2, 0) is 6.42 Å². The van der Waals surface area contributed by atoms with Crippen molar-refractivity contribution in [1.29, 1.82) is 0 Å². The molecule has 2 aromatic carbocycles. The standard InChI is InChI=1S/C21H23NO3/c1-13(2)4-5-15-10-17-18(23)11-20(14-6-8-16(22)9-7-14)25-21(17)12-19(15)24-3/h4,6-10,12,20H,5,11,22H2,1-3H3. The van der Waals surface area contributed by atoms with Gasteiger partial charge in [0, 0.05) is 11.8 Å². The van der Waals surface area contributed by atoms with Crippen LogP contribution in [0.1, 0.15) is 47.9 Å². The van der Waals surface area contributed by atoms with Crippen LogP contribution < -0.4 is 15.2 Å². The molecule has 3 rings (SSSR count). The van der Waals surface area contributed by atoms with Crippen LogP contribution in [0.5, 0.6) is 11.5 Å². The second-order valence-corrected chi connectivity index (χ2v) is 6.55. The van der Waals surface area contributed by atoms with Crippen LogP contribution >= 0.6 is 0 Å². The second-order valence-electron chi connectivity index (χ2n) is 6.55. The molecule has 130 valence electrons. The monoisotopic (exact) mass is 337 g/mol. The number of nitrogen functional groups attached to an aromatic ring is 1. The second kappa shape index (κ2) is 7.01. The Morgan fingerprint density at radius 3 is 2.64 bits per heavy atom. The number of ketones is 1. The van der Waals surface area contributed by atoms with E-state index in [4.69, 9.17) is 15.2 Å². The molecule has 1 atom stereocenters. The predicted molar refractivity (Wildman–Crippen MR) is 99.3 cm³/mol. The minimum absolute atomic E-state index is 0.0872. The molecular weight excluding hydrogens is 314 g/mol. The van der Waals surface area contributed by atoms with Crippen molar-refractivity contribution in [3.05, 3.63) is 64.7 Å². The average Bonchev–Trinajstić information content (AvgIpc) is 2.59. The van der Waals surface area contributed by atoms with Crippen LogP contribution in [0.25, 0.3) is 0 Å². The Bertz CT molecular complexity index is 818. The lowest BCUT2D eigenvalue weighted by Gasteiger charge is -2.26. The third-order valence-electron chi connectivity index (χ3n) is 4.36. The van der Waals surface area contributed by atoms with Gasteiger partial charge in [0.15, 0.2) is 5.78 Å². The van der Waals surface area contributed by atoms with Crippen molar-refractivity contribution < 1.29 is 14.3 Å². The zero-order valence-electron chi connectivity index (χ0n) is 14.8. The van der Waals surface area contributed by atoms with E-state index in [2.05, 4.69) is 19.9 Å². The Morgan fingerprint density at radius 1 is 1.28 bits per heavy atom. The summed E-state index contributed by atoms with van der Waals surface area (Å²) in [5, 5.41) is 0. The summed E-state index contributed by atoms with van der Waals surface area (Å²) in [5.74, 6) is 1.40. The highest BCUT2D eigenvalue weighted by atomic mass is 16.5. The predicted octanol–water partition coefficient (Wildman–Crippen LogP) is 4.49. The van der Waals surface area contributed by atoms with E-state index in [1.54, 1.807) is 7.11 Å². The SMILES string of the molecule is COc1cc2c(cc1CC=C(C)C)C(=O)CC(c1ccc(N)cc1)O2. The van der Waals surface area contributed by atoms with Crippen molar-refractivity contribution in [2.45, 2.75) is 32.8 Å². The Hall–Kier alpha value is -2.75. The zero-order chi connectivity index (χ0) is 18.0. The molecule has 4 heteroatoms. The molecule has 1 aliphatic heterocycles. The summed E-state index contributed by atoms with van der Waals surface area (Å²) in [6.07, 6.45) is 2.88. The van der Waals surface area contributed by atoms with Crippen molar-refractivity contribution in [3.63, 3.8) is 0 Å². The number of carbonyl (C=O) groups excluding carboxylic acids is 1. The van der Waals surface area contributed by atoms with E-state index in [1.807, 2.05) is 36.4 Å². The maximum absolute atomic E-state index is 12.7. The number of hydrogen-bond acceptors (Lipinski definition) is 4. The van der Waals surface area contributed by atoms with E-state index in [-0.39, 0.29) is 11.9 Å². The zero-order valence-corrected chi connectivity index (χ0v) is 14.8. The molecular formula is C21H23NO3. The van der Waals surface area contributed by atoms with Gasteiger partial charge in [-0.3, -0.25) is 4.79 Å². The van der Waals surface area contributed by atoms with E-state index in [0.717, 1.165) is 23.3 Å². The molecule has 0 bridgehead atoms. The molecule has 1 unspecified atom stereocenters. The summed E-state index contributed by atoms with van der Waals surface area (Å²) in [6, 6.07) is 11.2. The van der Waals surface area contributed by atoms with Crippen molar-refractivity contribution in [1.82, 2.24) is 0 Å². The summed E-state index contributed by atoms with van der Waals surface area (Å²) in [7, 11) is 1.63. The Balaban J connectivity index is 1.94. The summed E-state index contributed by atoms with van der Waals surface area (Å²) >= 11 is 0. The van der Waals surface area contributed by atoms with E-state index >= 15 is 0 Å². The third-order valence-corrected chi connectivity index (χ3v) is 4.36. The first-order valence-electron chi connectivity index (χ1n) is 8.37. The number of anilines is 1. The van der Waals surface area contributed by atoms with Crippen molar-refractivity contribution >= 4 is 11.5 Å². The fraction of sp³-hybridized carbons (Fsp3) is 0.286. The molecule has 0 radical (unpaired) electrons. The minimum atomic E-state index is -0.297. The van der Waals surface area contributed by atoms with Crippen LogP contribution in [0.2, 0.25) is 0 Å². The molecule has 1 heterocycles. The van der Waals surface area contributed by atoms with Gasteiger partial charge in [-0.1, -0.05) is 23.8 Å². The maximum Gasteiger partial charge on any atom is 0.170 e. The fourth-order valence-electron chi connectivity index (χ4n) is 2.95.